The zero-order valence-corrected chi connectivity index (χ0v) is 17.4. The third-order valence-corrected chi connectivity index (χ3v) is 6.45. The van der Waals surface area contributed by atoms with E-state index in [1.165, 1.54) is 0 Å². The van der Waals surface area contributed by atoms with E-state index in [4.69, 9.17) is 4.74 Å². The molecule has 4 nitrogen and oxygen atoms in total. The van der Waals surface area contributed by atoms with Gasteiger partial charge in [0, 0.05) is 44.8 Å². The van der Waals surface area contributed by atoms with Gasteiger partial charge in [0.05, 0.1) is 23.7 Å². The van der Waals surface area contributed by atoms with Crippen molar-refractivity contribution in [3.05, 3.63) is 86.9 Å². The maximum atomic E-state index is 13.3. The quantitative estimate of drug-likeness (QED) is 0.378. The van der Waals surface area contributed by atoms with Gasteiger partial charge in [0.25, 0.3) is 0 Å². The molecule has 3 heterocycles. The van der Waals surface area contributed by atoms with Gasteiger partial charge in [-0.05, 0) is 42.0 Å². The summed E-state index contributed by atoms with van der Waals surface area (Å²) in [4.78, 5) is 19.7. The van der Waals surface area contributed by atoms with Crippen molar-refractivity contribution in [2.75, 3.05) is 7.11 Å². The maximum Gasteiger partial charge on any atom is 0.193 e. The van der Waals surface area contributed by atoms with Crippen molar-refractivity contribution in [2.45, 2.75) is 16.2 Å². The lowest BCUT2D eigenvalue weighted by Gasteiger charge is -2.24. The Kier molecular flexibility index (Phi) is 4.25. The number of benzene rings is 2. The Morgan fingerprint density at radius 3 is 2.86 bits per heavy atom. The minimum Gasteiger partial charge on any atom is -0.497 e. The first-order chi connectivity index (χ1) is 13.6. The predicted octanol–water partition coefficient (Wildman–Crippen LogP) is 5.21. The van der Waals surface area contributed by atoms with Crippen LogP contribution in [-0.4, -0.2) is 16.7 Å². The molecule has 0 bridgehead atoms. The van der Waals surface area contributed by atoms with E-state index in [9.17, 15) is 4.79 Å². The van der Waals surface area contributed by atoms with E-state index < -0.39 is 0 Å². The molecule has 0 spiro atoms. The van der Waals surface area contributed by atoms with Crippen LogP contribution in [0.25, 0.3) is 16.6 Å². The minimum atomic E-state index is 0.0364. The molecule has 1 aliphatic heterocycles. The molecule has 0 fully saturated rings. The van der Waals surface area contributed by atoms with Gasteiger partial charge in [0.2, 0.25) is 0 Å². The molecule has 6 heteroatoms. The summed E-state index contributed by atoms with van der Waals surface area (Å²) in [6.07, 6.45) is 6.05. The van der Waals surface area contributed by atoms with E-state index in [0.717, 1.165) is 36.6 Å². The summed E-state index contributed by atoms with van der Waals surface area (Å²) in [7, 11) is 1.63. The molecule has 0 unspecified atom stereocenters. The SMILES string of the molecule is COc1cc2c3c(c1)c(=O)c(Cc1cccnc1)cn3-c1cc(Br)ccc1S2. The lowest BCUT2D eigenvalue weighted by molar-refractivity contribution is 0.414. The number of hydrogen-bond acceptors (Lipinski definition) is 4. The van der Waals surface area contributed by atoms with Gasteiger partial charge in [-0.25, -0.2) is 0 Å². The van der Waals surface area contributed by atoms with Gasteiger partial charge in [-0.3, -0.25) is 9.78 Å². The van der Waals surface area contributed by atoms with Gasteiger partial charge in [-0.1, -0.05) is 33.8 Å². The monoisotopic (exact) mass is 450 g/mol. The summed E-state index contributed by atoms with van der Waals surface area (Å²) in [6, 6.07) is 13.9. The number of hydrogen-bond donors (Lipinski definition) is 0. The molecule has 0 atom stereocenters. The maximum absolute atomic E-state index is 13.3. The molecule has 5 rings (SSSR count). The fraction of sp³-hybridized carbons (Fsp3) is 0.0909. The first-order valence-electron chi connectivity index (χ1n) is 8.77. The van der Waals surface area contributed by atoms with Gasteiger partial charge >= 0.3 is 0 Å². The van der Waals surface area contributed by atoms with E-state index >= 15 is 0 Å². The van der Waals surface area contributed by atoms with Crippen LogP contribution in [-0.2, 0) is 6.42 Å². The summed E-state index contributed by atoms with van der Waals surface area (Å²) in [5.74, 6) is 0.692. The summed E-state index contributed by atoms with van der Waals surface area (Å²) in [5.41, 5.74) is 3.77. The van der Waals surface area contributed by atoms with E-state index in [-0.39, 0.29) is 5.43 Å². The molecule has 0 radical (unpaired) electrons. The summed E-state index contributed by atoms with van der Waals surface area (Å²) in [6.45, 7) is 0. The highest BCUT2D eigenvalue weighted by Gasteiger charge is 2.22. The van der Waals surface area contributed by atoms with Gasteiger partial charge in [0.15, 0.2) is 5.43 Å². The van der Waals surface area contributed by atoms with Crippen molar-refractivity contribution in [3.8, 4) is 11.4 Å². The second-order valence-corrected chi connectivity index (χ2v) is 8.63. The minimum absolute atomic E-state index is 0.0364. The highest BCUT2D eigenvalue weighted by molar-refractivity contribution is 9.10. The fourth-order valence-corrected chi connectivity index (χ4v) is 5.04. The lowest BCUT2D eigenvalue weighted by Crippen LogP contribution is -2.17. The Balaban J connectivity index is 1.83. The molecular formula is C22H15BrN2O2S. The summed E-state index contributed by atoms with van der Waals surface area (Å²) >= 11 is 5.24. The average Bonchev–Trinajstić information content (AvgIpc) is 2.72. The number of ether oxygens (including phenoxy) is 1. The molecule has 0 aliphatic carbocycles. The smallest absolute Gasteiger partial charge is 0.193 e. The molecule has 4 aromatic rings. The highest BCUT2D eigenvalue weighted by Crippen LogP contribution is 2.44. The van der Waals surface area contributed by atoms with E-state index in [1.54, 1.807) is 31.3 Å². The fourth-order valence-electron chi connectivity index (χ4n) is 3.57. The Hall–Kier alpha value is -2.57. The van der Waals surface area contributed by atoms with Crippen molar-refractivity contribution in [1.29, 1.82) is 0 Å². The number of fused-ring (bicyclic) bond motifs is 2. The normalized spacial score (nSPS) is 12.1. The van der Waals surface area contributed by atoms with E-state index in [1.807, 2.05) is 36.5 Å². The molecule has 0 saturated heterocycles. The third-order valence-electron chi connectivity index (χ3n) is 4.86. The Bertz CT molecular complexity index is 1290. The first-order valence-corrected chi connectivity index (χ1v) is 10.4. The van der Waals surface area contributed by atoms with Crippen molar-refractivity contribution >= 4 is 38.6 Å². The van der Waals surface area contributed by atoms with Crippen LogP contribution < -0.4 is 10.2 Å². The largest absolute Gasteiger partial charge is 0.497 e. The standard InChI is InChI=1S/C22H15BrN2O2S/c1-27-16-9-17-21-20(10-16)28-19-5-4-15(23)8-18(19)25(21)12-14(22(17)26)7-13-3-2-6-24-11-13/h2-6,8-12H,7H2,1H3. The van der Waals surface area contributed by atoms with E-state index in [0.29, 0.717) is 17.6 Å². The highest BCUT2D eigenvalue weighted by atomic mass is 79.9. The molecule has 2 aromatic heterocycles. The number of pyridine rings is 2. The molecule has 0 saturated carbocycles. The number of aromatic nitrogens is 2. The number of halogens is 1. The van der Waals surface area contributed by atoms with Crippen LogP contribution in [0.4, 0.5) is 0 Å². The lowest BCUT2D eigenvalue weighted by atomic mass is 10.0. The second-order valence-electron chi connectivity index (χ2n) is 6.63. The third kappa shape index (κ3) is 2.84. The van der Waals surface area contributed by atoms with Crippen LogP contribution in [0.3, 0.4) is 0 Å². The number of rotatable bonds is 3. The first kappa shape index (κ1) is 17.5. The molecular weight excluding hydrogens is 436 g/mol. The molecule has 0 amide bonds. The van der Waals surface area contributed by atoms with E-state index in [2.05, 4.69) is 37.6 Å². The van der Waals surface area contributed by atoms with Crippen LogP contribution in [0.5, 0.6) is 5.75 Å². The Morgan fingerprint density at radius 2 is 2.07 bits per heavy atom. The Morgan fingerprint density at radius 1 is 1.18 bits per heavy atom. The zero-order valence-electron chi connectivity index (χ0n) is 15.0. The van der Waals surface area contributed by atoms with Crippen molar-refractivity contribution in [3.63, 3.8) is 0 Å². The van der Waals surface area contributed by atoms with Gasteiger partial charge in [-0.15, -0.1) is 0 Å². The van der Waals surface area contributed by atoms with Crippen molar-refractivity contribution in [1.82, 2.24) is 9.55 Å². The van der Waals surface area contributed by atoms with Crippen LogP contribution in [0.15, 0.2) is 80.1 Å². The summed E-state index contributed by atoms with van der Waals surface area (Å²) < 4.78 is 8.61. The van der Waals surface area contributed by atoms with Gasteiger partial charge in [0.1, 0.15) is 5.75 Å². The number of nitrogens with zero attached hydrogens (tertiary/aromatic N) is 2. The average molecular weight is 451 g/mol. The number of methoxy groups -OCH3 is 1. The van der Waals surface area contributed by atoms with Crippen LogP contribution in [0.2, 0.25) is 0 Å². The Labute approximate surface area is 174 Å². The van der Waals surface area contributed by atoms with Gasteiger partial charge in [-0.2, -0.15) is 0 Å². The van der Waals surface area contributed by atoms with Gasteiger partial charge < -0.3 is 9.30 Å². The van der Waals surface area contributed by atoms with Crippen molar-refractivity contribution in [2.24, 2.45) is 0 Å². The zero-order chi connectivity index (χ0) is 19.3. The second kappa shape index (κ2) is 6.79. The molecule has 28 heavy (non-hydrogen) atoms. The topological polar surface area (TPSA) is 44.1 Å². The predicted molar refractivity (Wildman–Crippen MR) is 115 cm³/mol. The van der Waals surface area contributed by atoms with Crippen molar-refractivity contribution < 1.29 is 4.74 Å². The molecule has 0 N–H and O–H groups in total. The van der Waals surface area contributed by atoms with Crippen LogP contribution >= 0.6 is 27.7 Å². The van der Waals surface area contributed by atoms with Crippen LogP contribution in [0.1, 0.15) is 11.1 Å². The molecule has 1 aliphatic rings. The molecule has 2 aromatic carbocycles. The van der Waals surface area contributed by atoms with Crippen LogP contribution in [0, 0.1) is 0 Å². The molecule has 138 valence electrons. The summed E-state index contributed by atoms with van der Waals surface area (Å²) in [5, 5.41) is 0.675.